The van der Waals surface area contributed by atoms with E-state index in [1.807, 2.05) is 49.1 Å². The minimum Gasteiger partial charge on any atom is -0.338 e. The Kier molecular flexibility index (Phi) is 3.96. The zero-order chi connectivity index (χ0) is 13.2. The quantitative estimate of drug-likeness (QED) is 0.769. The third kappa shape index (κ3) is 2.39. The monoisotopic (exact) mass is 265 g/mol. The van der Waals surface area contributed by atoms with Crippen LogP contribution in [0.4, 0.5) is 0 Å². The number of benzene rings is 1. The molecular formula is C15H20ClNO. The summed E-state index contributed by atoms with van der Waals surface area (Å²) in [4.78, 5) is 14.7. The molecule has 1 fully saturated rings. The Morgan fingerprint density at radius 1 is 1.39 bits per heavy atom. The van der Waals surface area contributed by atoms with Gasteiger partial charge in [-0.05, 0) is 32.3 Å². The van der Waals surface area contributed by atoms with E-state index >= 15 is 0 Å². The normalized spacial score (nSPS) is 20.2. The Balaban J connectivity index is 2.22. The first-order chi connectivity index (χ1) is 8.57. The van der Waals surface area contributed by atoms with Crippen molar-refractivity contribution in [3.05, 3.63) is 35.9 Å². The van der Waals surface area contributed by atoms with Crippen molar-refractivity contribution >= 4 is 17.5 Å². The predicted molar refractivity (Wildman–Crippen MR) is 74.9 cm³/mol. The second-order valence-electron chi connectivity index (χ2n) is 5.44. The van der Waals surface area contributed by atoms with Gasteiger partial charge in [0.2, 0.25) is 5.91 Å². The van der Waals surface area contributed by atoms with Crippen LogP contribution in [0.5, 0.6) is 0 Å². The lowest BCUT2D eigenvalue weighted by atomic mass is 9.83. The molecule has 98 valence electrons. The van der Waals surface area contributed by atoms with E-state index < -0.39 is 5.41 Å². The van der Waals surface area contributed by atoms with E-state index in [-0.39, 0.29) is 11.9 Å². The third-order valence-electron chi connectivity index (χ3n) is 3.85. The van der Waals surface area contributed by atoms with Gasteiger partial charge in [0, 0.05) is 18.5 Å². The Morgan fingerprint density at radius 2 is 2.06 bits per heavy atom. The Morgan fingerprint density at radius 3 is 2.67 bits per heavy atom. The van der Waals surface area contributed by atoms with Gasteiger partial charge in [-0.25, -0.2) is 0 Å². The molecule has 1 aromatic rings. The molecule has 1 saturated heterocycles. The van der Waals surface area contributed by atoms with Crippen molar-refractivity contribution in [1.29, 1.82) is 0 Å². The van der Waals surface area contributed by atoms with E-state index in [0.29, 0.717) is 5.88 Å². The number of rotatable bonds is 3. The lowest BCUT2D eigenvalue weighted by molar-refractivity contribution is -0.136. The topological polar surface area (TPSA) is 20.3 Å². The number of amides is 1. The minimum atomic E-state index is -0.476. The van der Waals surface area contributed by atoms with Crippen LogP contribution in [-0.2, 0) is 10.2 Å². The van der Waals surface area contributed by atoms with Gasteiger partial charge in [-0.3, -0.25) is 4.79 Å². The molecule has 1 amide bonds. The summed E-state index contributed by atoms with van der Waals surface area (Å²) < 4.78 is 0. The van der Waals surface area contributed by atoms with Crippen LogP contribution in [0.2, 0.25) is 0 Å². The maximum absolute atomic E-state index is 12.7. The van der Waals surface area contributed by atoms with Crippen molar-refractivity contribution in [3.8, 4) is 0 Å². The first-order valence-electron chi connectivity index (χ1n) is 6.50. The van der Waals surface area contributed by atoms with E-state index in [0.717, 1.165) is 24.9 Å². The fourth-order valence-electron chi connectivity index (χ4n) is 2.60. The highest BCUT2D eigenvalue weighted by atomic mass is 35.5. The SMILES string of the molecule is CC(C)(C(=O)N1CCCC1CCl)c1ccccc1. The van der Waals surface area contributed by atoms with Gasteiger partial charge >= 0.3 is 0 Å². The summed E-state index contributed by atoms with van der Waals surface area (Å²) in [7, 11) is 0. The van der Waals surface area contributed by atoms with E-state index in [2.05, 4.69) is 0 Å². The Hall–Kier alpha value is -1.02. The molecule has 2 nitrogen and oxygen atoms in total. The van der Waals surface area contributed by atoms with Gasteiger partial charge in [-0.2, -0.15) is 0 Å². The Bertz CT molecular complexity index is 416. The number of hydrogen-bond donors (Lipinski definition) is 0. The zero-order valence-corrected chi connectivity index (χ0v) is 11.8. The molecule has 0 N–H and O–H groups in total. The zero-order valence-electron chi connectivity index (χ0n) is 11.0. The first-order valence-corrected chi connectivity index (χ1v) is 7.03. The van der Waals surface area contributed by atoms with Gasteiger partial charge in [-0.15, -0.1) is 11.6 Å². The molecule has 2 rings (SSSR count). The summed E-state index contributed by atoms with van der Waals surface area (Å²) in [5.74, 6) is 0.730. The summed E-state index contributed by atoms with van der Waals surface area (Å²) >= 11 is 5.95. The average Bonchev–Trinajstić information content (AvgIpc) is 2.87. The molecule has 1 aromatic carbocycles. The highest BCUT2D eigenvalue weighted by Crippen LogP contribution is 2.29. The van der Waals surface area contributed by atoms with Crippen molar-refractivity contribution in [2.24, 2.45) is 0 Å². The highest BCUT2D eigenvalue weighted by Gasteiger charge is 2.38. The molecule has 0 bridgehead atoms. The number of alkyl halides is 1. The molecule has 3 heteroatoms. The van der Waals surface area contributed by atoms with Crippen LogP contribution in [0, 0.1) is 0 Å². The molecule has 0 radical (unpaired) electrons. The van der Waals surface area contributed by atoms with Crippen LogP contribution in [0.3, 0.4) is 0 Å². The molecule has 0 saturated carbocycles. The molecule has 0 spiro atoms. The molecule has 1 atom stereocenters. The number of hydrogen-bond acceptors (Lipinski definition) is 1. The highest BCUT2D eigenvalue weighted by molar-refractivity contribution is 6.18. The fourth-order valence-corrected chi connectivity index (χ4v) is 2.92. The molecule has 1 unspecified atom stereocenters. The van der Waals surface area contributed by atoms with Crippen LogP contribution in [-0.4, -0.2) is 29.3 Å². The smallest absolute Gasteiger partial charge is 0.232 e. The van der Waals surface area contributed by atoms with Crippen molar-refractivity contribution < 1.29 is 4.79 Å². The standard InChI is InChI=1S/C15H20ClNO/c1-15(2,12-7-4-3-5-8-12)14(18)17-10-6-9-13(17)11-16/h3-5,7-8,13H,6,9-11H2,1-2H3. The maximum atomic E-state index is 12.7. The number of likely N-dealkylation sites (tertiary alicyclic amines) is 1. The number of carbonyl (C=O) groups excluding carboxylic acids is 1. The van der Waals surface area contributed by atoms with Crippen LogP contribution >= 0.6 is 11.6 Å². The molecule has 1 aliphatic rings. The van der Waals surface area contributed by atoms with Crippen LogP contribution in [0.1, 0.15) is 32.3 Å². The summed E-state index contributed by atoms with van der Waals surface area (Å²) in [5, 5.41) is 0. The fraction of sp³-hybridized carbons (Fsp3) is 0.533. The number of halogens is 1. The van der Waals surface area contributed by atoms with Gasteiger partial charge in [0.05, 0.1) is 5.41 Å². The lowest BCUT2D eigenvalue weighted by Gasteiger charge is -2.32. The van der Waals surface area contributed by atoms with Gasteiger partial charge in [0.1, 0.15) is 0 Å². The molecule has 0 aromatic heterocycles. The molecule has 18 heavy (non-hydrogen) atoms. The molecule has 1 aliphatic heterocycles. The second-order valence-corrected chi connectivity index (χ2v) is 5.75. The predicted octanol–water partition coefficient (Wildman–Crippen LogP) is 3.19. The van der Waals surface area contributed by atoms with E-state index in [1.54, 1.807) is 0 Å². The van der Waals surface area contributed by atoms with Crippen LogP contribution in [0.15, 0.2) is 30.3 Å². The maximum Gasteiger partial charge on any atom is 0.232 e. The summed E-state index contributed by atoms with van der Waals surface area (Å²) in [6.45, 7) is 4.83. The van der Waals surface area contributed by atoms with Crippen molar-refractivity contribution in [3.63, 3.8) is 0 Å². The number of carbonyl (C=O) groups is 1. The largest absolute Gasteiger partial charge is 0.338 e. The third-order valence-corrected chi connectivity index (χ3v) is 4.20. The average molecular weight is 266 g/mol. The van der Waals surface area contributed by atoms with Gasteiger partial charge in [0.25, 0.3) is 0 Å². The van der Waals surface area contributed by atoms with E-state index in [9.17, 15) is 4.79 Å². The minimum absolute atomic E-state index is 0.192. The first kappa shape index (κ1) is 13.4. The van der Waals surface area contributed by atoms with Crippen LogP contribution < -0.4 is 0 Å². The number of nitrogens with zero attached hydrogens (tertiary/aromatic N) is 1. The summed E-state index contributed by atoms with van der Waals surface area (Å²) in [6.07, 6.45) is 2.09. The van der Waals surface area contributed by atoms with Crippen molar-refractivity contribution in [2.45, 2.75) is 38.1 Å². The van der Waals surface area contributed by atoms with Crippen molar-refractivity contribution in [2.75, 3.05) is 12.4 Å². The van der Waals surface area contributed by atoms with Gasteiger partial charge < -0.3 is 4.90 Å². The molecule has 0 aliphatic carbocycles. The molecule has 1 heterocycles. The second kappa shape index (κ2) is 5.31. The van der Waals surface area contributed by atoms with Crippen LogP contribution in [0.25, 0.3) is 0 Å². The van der Waals surface area contributed by atoms with Gasteiger partial charge in [-0.1, -0.05) is 30.3 Å². The lowest BCUT2D eigenvalue weighted by Crippen LogP contribution is -2.46. The van der Waals surface area contributed by atoms with Crippen molar-refractivity contribution in [1.82, 2.24) is 4.90 Å². The van der Waals surface area contributed by atoms with Gasteiger partial charge in [0.15, 0.2) is 0 Å². The Labute approximate surface area is 114 Å². The summed E-state index contributed by atoms with van der Waals surface area (Å²) in [5.41, 5.74) is 0.589. The van der Waals surface area contributed by atoms with E-state index in [1.165, 1.54) is 0 Å². The summed E-state index contributed by atoms with van der Waals surface area (Å²) in [6, 6.07) is 10.2. The molecular weight excluding hydrogens is 246 g/mol. The van der Waals surface area contributed by atoms with E-state index in [4.69, 9.17) is 11.6 Å².